The summed E-state index contributed by atoms with van der Waals surface area (Å²) in [4.78, 5) is 0. The molecule has 0 N–H and O–H groups in total. The molecule has 0 saturated heterocycles. The van der Waals surface area contributed by atoms with Crippen LogP contribution in [0.15, 0.2) is 0 Å². The van der Waals surface area contributed by atoms with Crippen LogP contribution in [-0.4, -0.2) is 0 Å². The normalized spacial score (nSPS) is 2.98. The average molecular weight is 1770 g/mol. The molecular weight excluding hydrogens is 1420 g/mol. The summed E-state index contributed by atoms with van der Waals surface area (Å²) in [5.41, 5.74) is 0. The van der Waals surface area contributed by atoms with Crippen molar-refractivity contribution in [3.05, 3.63) is 13.8 Å². The van der Waals surface area contributed by atoms with Gasteiger partial charge in [0.15, 0.2) is 0 Å². The largest absolute Gasteiger partial charge is 0.0746 e. The van der Waals surface area contributed by atoms with Gasteiger partial charge in [-0.15, -0.1) is 0 Å². The van der Waals surface area contributed by atoms with Gasteiger partial charge in [0.2, 0.25) is 0 Å². The van der Waals surface area contributed by atoms with Crippen LogP contribution in [-0.2, 0) is 0 Å². The Labute approximate surface area is 812 Å². The second-order valence-electron chi connectivity index (χ2n) is 0. The summed E-state index contributed by atoms with van der Waals surface area (Å²) in [5, 5.41) is 0. The van der Waals surface area contributed by atoms with Crippen molar-refractivity contribution in [1.29, 1.82) is 0 Å². The summed E-state index contributed by atoms with van der Waals surface area (Å²) in [5.74, 6) is 0. The minimum Gasteiger partial charge on any atom is -0.0683 e. The van der Waals surface area contributed by atoms with Crippen LogP contribution in [0.1, 0.15) is 803 Å². The first-order valence-electron chi connectivity index (χ1n) is 58.4. The standard InChI is InChI=1S/57C2H6.2C2H5/c59*1-2/h57*1-2H3;2*1H2,2H3/q;;;;;;;;;;;;;;;;;;;;;;;;;;;;;;;;;;;;;;;;;;;;;;;;;;;;;;;;;2*+1. The molecule has 0 amide bonds. The molecule has 0 aromatic rings. The quantitative estimate of drug-likeness (QED) is 0.212. The van der Waals surface area contributed by atoms with Crippen molar-refractivity contribution in [2.45, 2.75) is 803 Å². The van der Waals surface area contributed by atoms with Gasteiger partial charge in [0.1, 0.15) is 0 Å². The van der Waals surface area contributed by atoms with Gasteiger partial charge in [0.05, 0.1) is 27.7 Å². The summed E-state index contributed by atoms with van der Waals surface area (Å²) >= 11 is 0. The third kappa shape index (κ3) is 22500000. The topological polar surface area (TPSA) is 0 Å². The average Bonchev–Trinajstić information content (AvgIpc) is 3.99. The minimum absolute atomic E-state index is 1.75. The van der Waals surface area contributed by atoms with Crippen molar-refractivity contribution in [3.63, 3.8) is 0 Å². The lowest BCUT2D eigenvalue weighted by Gasteiger charge is -1.07. The van der Waals surface area contributed by atoms with Crippen LogP contribution >= 0.6 is 0 Å². The highest BCUT2D eigenvalue weighted by Crippen LogP contribution is 1.26. The molecule has 0 aliphatic rings. The molecule has 0 unspecified atom stereocenters. The molecular formula is C118H352+2. The van der Waals surface area contributed by atoms with Crippen molar-refractivity contribution in [2.24, 2.45) is 0 Å². The predicted octanol–water partition coefficient (Wildman–Crippen LogP) is 60.2. The van der Waals surface area contributed by atoms with E-state index in [1.54, 1.807) is 13.8 Å². The maximum Gasteiger partial charge on any atom is 0.0746 e. The van der Waals surface area contributed by atoms with Crippen LogP contribution < -0.4 is 0 Å². The Bertz CT molecular complexity index is 0. The van der Waals surface area contributed by atoms with E-state index in [9.17, 15) is 0 Å². The van der Waals surface area contributed by atoms with Crippen LogP contribution in [0.5, 0.6) is 0 Å². The summed E-state index contributed by atoms with van der Waals surface area (Å²) in [6.45, 7) is 238. The summed E-state index contributed by atoms with van der Waals surface area (Å²) in [7, 11) is 0. The molecule has 0 aliphatic carbocycles. The van der Waals surface area contributed by atoms with Crippen molar-refractivity contribution >= 4 is 0 Å². The van der Waals surface area contributed by atoms with Gasteiger partial charge >= 0.3 is 0 Å². The zero-order chi connectivity index (χ0) is 118. The van der Waals surface area contributed by atoms with Crippen molar-refractivity contribution in [1.82, 2.24) is 0 Å². The van der Waals surface area contributed by atoms with Gasteiger partial charge in [-0.25, -0.2) is 0 Å². The van der Waals surface area contributed by atoms with E-state index in [1.807, 2.05) is 789 Å². The van der Waals surface area contributed by atoms with Gasteiger partial charge in [-0.3, -0.25) is 0 Å². The maximum absolute atomic E-state index is 3.25. The number of hydrogen-bond acceptors (Lipinski definition) is 0. The van der Waals surface area contributed by atoms with E-state index in [0.717, 1.165) is 0 Å². The Morgan fingerprint density at radius 3 is 0.0339 bits per heavy atom. The van der Waals surface area contributed by atoms with Crippen LogP contribution in [0.4, 0.5) is 0 Å². The molecule has 0 radical (unpaired) electrons. The fourth-order valence-corrected chi connectivity index (χ4v) is 0. The maximum atomic E-state index is 3.25. The molecule has 0 spiro atoms. The second-order valence-corrected chi connectivity index (χ2v) is 0. The summed E-state index contributed by atoms with van der Waals surface area (Å²) < 4.78 is 0. The zero-order valence-electron chi connectivity index (χ0n) is 117. The fraction of sp³-hybridized carbons (Fsp3) is 0.983. The van der Waals surface area contributed by atoms with Gasteiger partial charge in [-0.2, -0.15) is 0 Å². The lowest BCUT2D eigenvalue weighted by molar-refractivity contribution is 1.50. The highest BCUT2D eigenvalue weighted by Gasteiger charge is 1.08. The van der Waals surface area contributed by atoms with Crippen molar-refractivity contribution in [2.75, 3.05) is 0 Å². The lowest BCUT2D eigenvalue weighted by Crippen LogP contribution is -0.888. The van der Waals surface area contributed by atoms with E-state index < -0.39 is 0 Å². The molecule has 0 bridgehead atoms. The molecule has 0 rings (SSSR count). The molecule has 0 aromatic heterocycles. The summed E-state index contributed by atoms with van der Waals surface area (Å²) in [6.07, 6.45) is 0. The van der Waals surface area contributed by atoms with Crippen LogP contribution in [0.25, 0.3) is 0 Å². The Hall–Kier alpha value is -0.260. The summed E-state index contributed by atoms with van der Waals surface area (Å²) in [6, 6.07) is 0. The molecule has 0 heterocycles. The van der Waals surface area contributed by atoms with Crippen molar-refractivity contribution in [3.8, 4) is 0 Å². The third-order valence-electron chi connectivity index (χ3n) is 0. The minimum atomic E-state index is 1.75. The molecule has 0 atom stereocenters. The fourth-order valence-electron chi connectivity index (χ4n) is 0. The second kappa shape index (κ2) is 23100000. The highest BCUT2D eigenvalue weighted by molar-refractivity contribution is 3.94. The molecule has 118 heavy (non-hydrogen) atoms. The van der Waals surface area contributed by atoms with Gasteiger partial charge in [-0.1, -0.05) is 789 Å². The van der Waals surface area contributed by atoms with Crippen LogP contribution in [0.3, 0.4) is 0 Å². The van der Waals surface area contributed by atoms with Gasteiger partial charge in [0.25, 0.3) is 0 Å². The van der Waals surface area contributed by atoms with Gasteiger partial charge < -0.3 is 0 Å². The van der Waals surface area contributed by atoms with Crippen LogP contribution in [0, 0.1) is 13.8 Å². The molecule has 0 saturated carbocycles. The molecule has 0 nitrogen and oxygen atoms in total. The van der Waals surface area contributed by atoms with E-state index in [0.29, 0.717) is 0 Å². The molecule has 0 aromatic carbocycles. The number of rotatable bonds is 0. The van der Waals surface area contributed by atoms with E-state index in [4.69, 9.17) is 0 Å². The van der Waals surface area contributed by atoms with Crippen molar-refractivity contribution < 1.29 is 0 Å². The first-order chi connectivity index (χ1) is 59.0. The molecule has 822 valence electrons. The van der Waals surface area contributed by atoms with E-state index in [1.165, 1.54) is 0 Å². The lowest BCUT2D eigenvalue weighted by atomic mass is 11.0. The van der Waals surface area contributed by atoms with E-state index in [2.05, 4.69) is 13.8 Å². The smallest absolute Gasteiger partial charge is 0.0683 e. The van der Waals surface area contributed by atoms with E-state index >= 15 is 0 Å². The number of hydrogen-bond donors (Lipinski definition) is 0. The first-order valence-corrected chi connectivity index (χ1v) is 58.4. The monoisotopic (exact) mass is 1770 g/mol. The Morgan fingerprint density at radius 1 is 0.0339 bits per heavy atom. The zero-order valence-corrected chi connectivity index (χ0v) is 117. The highest BCUT2D eigenvalue weighted by atomic mass is 13.1. The first kappa shape index (κ1) is 465. The molecule has 0 heteroatoms. The van der Waals surface area contributed by atoms with Gasteiger partial charge in [0, 0.05) is 0 Å². The van der Waals surface area contributed by atoms with Gasteiger partial charge in [-0.05, 0) is 0 Å². The van der Waals surface area contributed by atoms with Crippen LogP contribution in [0.2, 0.25) is 0 Å². The van der Waals surface area contributed by atoms with E-state index in [-0.39, 0.29) is 0 Å². The Kier molecular flexibility index (Phi) is 91200000. The molecule has 0 aliphatic heterocycles. The Balaban J connectivity index is -0.00000000526. The SMILES string of the molecule is CC.CC.CC.CC.CC.CC.CC.CC.CC.CC.CC.CC.CC.CC.CC.CC.CC.CC.CC.CC.CC.CC.CC.CC.CC.CC.CC.CC.CC.CC.CC.CC.CC.CC.CC.CC.CC.CC.CC.CC.CC.CC.CC.CC.CC.CC.CC.CC.CC.CC.CC.CC.CC.CC.CC.CC.CC.[CH2+]C.[CH2+]C. The molecule has 0 fully saturated rings. The predicted molar refractivity (Wildman–Crippen MR) is 669 cm³/mol. The Morgan fingerprint density at radius 2 is 0.0339 bits per heavy atom. The third-order valence-corrected chi connectivity index (χ3v) is 0.